The highest BCUT2D eigenvalue weighted by Crippen LogP contribution is 2.43. The third kappa shape index (κ3) is 9.25. The van der Waals surface area contributed by atoms with Crippen molar-refractivity contribution in [3.05, 3.63) is 60.0 Å². The second kappa shape index (κ2) is 16.6. The minimum atomic E-state index is -0.784. The number of esters is 4. The number of hydrogen-bond donors (Lipinski definition) is 0. The summed E-state index contributed by atoms with van der Waals surface area (Å²) < 4.78 is 33.6. The molecule has 0 radical (unpaired) electrons. The fourth-order valence-electron chi connectivity index (χ4n) is 4.81. The lowest BCUT2D eigenvalue weighted by atomic mass is 9.93. The van der Waals surface area contributed by atoms with Crippen molar-refractivity contribution < 1.29 is 64.3 Å². The SMILES string of the molecule is COc1ccc(-c2c3ccc(=[N+](C)C)cc-3oc3cc(N(C)C)ccc23)cc1N(CC(=O)OCOC(C)=O)CC(=O)OCOC(C)=O.[Br-]. The summed E-state index contributed by atoms with van der Waals surface area (Å²) in [4.78, 5) is 51.4. The van der Waals surface area contributed by atoms with Crippen LogP contribution in [0.3, 0.4) is 0 Å². The largest absolute Gasteiger partial charge is 1.00 e. The van der Waals surface area contributed by atoms with Crippen LogP contribution in [-0.4, -0.2) is 85.9 Å². The van der Waals surface area contributed by atoms with E-state index in [4.69, 9.17) is 28.1 Å². The summed E-state index contributed by atoms with van der Waals surface area (Å²) in [6.07, 6.45) is 0. The van der Waals surface area contributed by atoms with Gasteiger partial charge in [0.25, 0.3) is 0 Å². The molecule has 0 N–H and O–H groups in total. The molecule has 2 aliphatic rings. The van der Waals surface area contributed by atoms with Gasteiger partial charge in [-0.2, -0.15) is 0 Å². The van der Waals surface area contributed by atoms with E-state index in [9.17, 15) is 19.2 Å². The van der Waals surface area contributed by atoms with Gasteiger partial charge >= 0.3 is 23.9 Å². The Hall–Kier alpha value is -5.11. The van der Waals surface area contributed by atoms with Crippen LogP contribution >= 0.6 is 0 Å². The second-order valence-electron chi connectivity index (χ2n) is 10.9. The number of nitrogens with zero attached hydrogens (tertiary/aromatic N) is 3. The molecule has 0 fully saturated rings. The van der Waals surface area contributed by atoms with E-state index in [0.717, 1.165) is 33.1 Å². The average Bonchev–Trinajstić information content (AvgIpc) is 3.02. The molecule has 0 saturated carbocycles. The molecule has 1 aliphatic heterocycles. The number of rotatable bonds is 12. The number of anilines is 2. The Morgan fingerprint density at radius 1 is 0.792 bits per heavy atom. The lowest BCUT2D eigenvalue weighted by Crippen LogP contribution is -3.00. The maximum absolute atomic E-state index is 12.8. The van der Waals surface area contributed by atoms with Crippen molar-refractivity contribution in [2.75, 3.05) is 71.8 Å². The first-order valence-electron chi connectivity index (χ1n) is 14.6. The van der Waals surface area contributed by atoms with Crippen LogP contribution in [0.2, 0.25) is 0 Å². The van der Waals surface area contributed by atoms with Crippen molar-refractivity contribution in [3.63, 3.8) is 0 Å². The molecule has 1 heterocycles. The number of fused-ring (bicyclic) bond motifs is 2. The molecule has 0 aromatic heterocycles. The summed E-state index contributed by atoms with van der Waals surface area (Å²) in [7, 11) is 9.27. The van der Waals surface area contributed by atoms with Crippen LogP contribution in [0.15, 0.2) is 59.0 Å². The van der Waals surface area contributed by atoms with Crippen molar-refractivity contribution in [2.45, 2.75) is 13.8 Å². The van der Waals surface area contributed by atoms with Crippen molar-refractivity contribution in [1.82, 2.24) is 4.58 Å². The number of carbonyl (C=O) groups is 4. The minimum absolute atomic E-state index is 0. The van der Waals surface area contributed by atoms with Gasteiger partial charge in [-0.25, -0.2) is 4.58 Å². The van der Waals surface area contributed by atoms with Crippen molar-refractivity contribution >= 4 is 46.2 Å². The Labute approximate surface area is 288 Å². The first-order chi connectivity index (χ1) is 22.4. The summed E-state index contributed by atoms with van der Waals surface area (Å²) in [5, 5.41) is 1.79. The molecule has 0 atom stereocenters. The molecule has 2 aromatic rings. The van der Waals surface area contributed by atoms with Crippen molar-refractivity contribution in [3.8, 4) is 28.2 Å². The Morgan fingerprint density at radius 2 is 1.42 bits per heavy atom. The Balaban J connectivity index is 0.00000625. The van der Waals surface area contributed by atoms with Crippen LogP contribution < -0.4 is 41.5 Å². The van der Waals surface area contributed by atoms with Crippen molar-refractivity contribution in [1.29, 1.82) is 0 Å². The molecule has 0 bridgehead atoms. The van der Waals surface area contributed by atoms with E-state index in [1.54, 1.807) is 12.1 Å². The zero-order valence-electron chi connectivity index (χ0n) is 27.8. The van der Waals surface area contributed by atoms with Gasteiger partial charge < -0.3 is 54.9 Å². The first-order valence-corrected chi connectivity index (χ1v) is 14.6. The molecule has 256 valence electrons. The monoisotopic (exact) mass is 727 g/mol. The highest BCUT2D eigenvalue weighted by molar-refractivity contribution is 6.03. The molecule has 48 heavy (non-hydrogen) atoms. The Morgan fingerprint density at radius 3 is 1.96 bits per heavy atom. The smallest absolute Gasteiger partial charge is 0.328 e. The van der Waals surface area contributed by atoms with E-state index < -0.39 is 50.6 Å². The number of ether oxygens (including phenoxy) is 5. The third-order valence-corrected chi connectivity index (χ3v) is 7.13. The van der Waals surface area contributed by atoms with Gasteiger partial charge in [0.15, 0.2) is 0 Å². The topological polar surface area (TPSA) is 137 Å². The molecule has 0 spiro atoms. The predicted molar refractivity (Wildman–Crippen MR) is 174 cm³/mol. The molecule has 0 unspecified atom stereocenters. The minimum Gasteiger partial charge on any atom is -1.00 e. The lowest BCUT2D eigenvalue weighted by molar-refractivity contribution is -0.165. The number of benzene rings is 3. The van der Waals surface area contributed by atoms with Gasteiger partial charge in [0.2, 0.25) is 18.9 Å². The molecule has 2 aromatic carbocycles. The molecule has 1 aliphatic carbocycles. The van der Waals surface area contributed by atoms with Gasteiger partial charge in [-0.05, 0) is 35.9 Å². The molecule has 4 rings (SSSR count). The van der Waals surface area contributed by atoms with Crippen molar-refractivity contribution in [2.24, 2.45) is 0 Å². The van der Waals surface area contributed by atoms with E-state index in [-0.39, 0.29) is 17.0 Å². The van der Waals surface area contributed by atoms with Gasteiger partial charge in [0.1, 0.15) is 44.3 Å². The van der Waals surface area contributed by atoms with E-state index in [1.165, 1.54) is 25.9 Å². The average molecular weight is 729 g/mol. The number of carbonyl (C=O) groups excluding carboxylic acids is 4. The van der Waals surface area contributed by atoms with Crippen LogP contribution in [-0.2, 0) is 38.1 Å². The summed E-state index contributed by atoms with van der Waals surface area (Å²) in [6.45, 7) is 0.309. The maximum Gasteiger partial charge on any atom is 0.328 e. The number of halogens is 1. The number of methoxy groups -OCH3 is 1. The van der Waals surface area contributed by atoms with Gasteiger partial charge in [0, 0.05) is 62.3 Å². The van der Waals surface area contributed by atoms with Gasteiger partial charge in [-0.1, -0.05) is 6.07 Å². The Kier molecular flexibility index (Phi) is 12.9. The zero-order chi connectivity index (χ0) is 34.2. The second-order valence-corrected chi connectivity index (χ2v) is 10.9. The maximum atomic E-state index is 12.8. The summed E-state index contributed by atoms with van der Waals surface area (Å²) in [6, 6.07) is 17.3. The van der Waals surface area contributed by atoms with E-state index in [2.05, 4.69) is 0 Å². The Bertz CT molecular complexity index is 1810. The van der Waals surface area contributed by atoms with Crippen LogP contribution in [0.25, 0.3) is 33.4 Å². The highest BCUT2D eigenvalue weighted by atomic mass is 79.9. The van der Waals surface area contributed by atoms with Crippen LogP contribution in [0.1, 0.15) is 13.8 Å². The molecule has 13 nitrogen and oxygen atoms in total. The molecular formula is C34H38BrN3O10. The third-order valence-electron chi connectivity index (χ3n) is 7.13. The first kappa shape index (κ1) is 37.3. The molecule has 14 heteroatoms. The van der Waals surface area contributed by atoms with Crippen LogP contribution in [0, 0.1) is 0 Å². The summed E-state index contributed by atoms with van der Waals surface area (Å²) in [5.41, 5.74) is 4.42. The van der Waals surface area contributed by atoms with Gasteiger partial charge in [-0.15, -0.1) is 0 Å². The normalized spacial score (nSPS) is 10.5. The van der Waals surface area contributed by atoms with E-state index in [0.29, 0.717) is 22.8 Å². The molecular weight excluding hydrogens is 690 g/mol. The van der Waals surface area contributed by atoms with Gasteiger partial charge in [-0.3, -0.25) is 19.2 Å². The summed E-state index contributed by atoms with van der Waals surface area (Å²) >= 11 is 0. The highest BCUT2D eigenvalue weighted by Gasteiger charge is 2.24. The quantitative estimate of drug-likeness (QED) is 0.0857. The lowest BCUT2D eigenvalue weighted by Gasteiger charge is -2.26. The summed E-state index contributed by atoms with van der Waals surface area (Å²) in [5.74, 6) is -1.80. The van der Waals surface area contributed by atoms with Crippen LogP contribution in [0.5, 0.6) is 5.75 Å². The predicted octanol–water partition coefficient (Wildman–Crippen LogP) is 0.249. The van der Waals surface area contributed by atoms with E-state index in [1.807, 2.05) is 80.1 Å². The fourth-order valence-corrected chi connectivity index (χ4v) is 4.81. The number of hydrogen-bond acceptors (Lipinski definition) is 12. The fraction of sp³-hybridized carbons (Fsp3) is 0.324. The standard InChI is InChI=1S/C34H38N3O10.BrH/c1-21(38)43-19-45-32(40)17-37(18-33(41)46-20-44-22(2)39)28-14-23(8-13-29(28)42-7)34-26-11-9-24(35(3)4)15-30(26)47-31-16-25(36(5)6)10-12-27(31)34;/h8-16H,17-20H2,1-7H3;1H/q+1;/p-1. The molecule has 0 saturated heterocycles. The van der Waals surface area contributed by atoms with Crippen LogP contribution in [0.4, 0.5) is 11.4 Å². The zero-order valence-corrected chi connectivity index (χ0v) is 29.4. The van der Waals surface area contributed by atoms with Gasteiger partial charge in [0.05, 0.1) is 18.9 Å². The van der Waals surface area contributed by atoms with E-state index >= 15 is 0 Å². The molecule has 0 amide bonds.